The van der Waals surface area contributed by atoms with Crippen LogP contribution in [0.2, 0.25) is 0 Å². The van der Waals surface area contributed by atoms with Gasteiger partial charge in [0, 0.05) is 37.7 Å². The van der Waals surface area contributed by atoms with Gasteiger partial charge in [-0.25, -0.2) is 4.68 Å². The Kier molecular flexibility index (Phi) is 4.55. The minimum Gasteiger partial charge on any atom is -0.489 e. The molecule has 4 rings (SSSR count). The minimum atomic E-state index is 0.0137. The number of hydrogen-bond donors (Lipinski definition) is 0. The number of tetrazole rings is 1. The smallest absolute Gasteiger partial charge is 0.253 e. The summed E-state index contributed by atoms with van der Waals surface area (Å²) in [6.45, 7) is 1.33. The zero-order chi connectivity index (χ0) is 17.8. The van der Waals surface area contributed by atoms with E-state index in [0.717, 1.165) is 24.3 Å². The number of nitrogens with zero attached hydrogens (tertiary/aromatic N) is 6. The second-order valence-electron chi connectivity index (χ2n) is 6.10. The number of amides is 1. The van der Waals surface area contributed by atoms with Crippen molar-refractivity contribution in [1.29, 1.82) is 0 Å². The van der Waals surface area contributed by atoms with Crippen LogP contribution in [0.4, 0.5) is 0 Å². The van der Waals surface area contributed by atoms with E-state index >= 15 is 0 Å². The Morgan fingerprint density at radius 2 is 2.04 bits per heavy atom. The molecule has 3 heterocycles. The van der Waals surface area contributed by atoms with Gasteiger partial charge in [-0.15, -0.1) is 5.10 Å². The van der Waals surface area contributed by atoms with Gasteiger partial charge in [0.25, 0.3) is 5.91 Å². The van der Waals surface area contributed by atoms with Gasteiger partial charge in [-0.05, 0) is 40.8 Å². The Morgan fingerprint density at radius 3 is 2.77 bits per heavy atom. The van der Waals surface area contributed by atoms with Gasteiger partial charge in [0.1, 0.15) is 18.2 Å². The molecular formula is C18H18N6O2. The van der Waals surface area contributed by atoms with Gasteiger partial charge in [-0.1, -0.05) is 6.07 Å². The molecule has 0 saturated carbocycles. The molecule has 0 N–H and O–H groups in total. The summed E-state index contributed by atoms with van der Waals surface area (Å²) in [4.78, 5) is 18.7. The number of carbonyl (C=O) groups excluding carboxylic acids is 1. The lowest BCUT2D eigenvalue weighted by molar-refractivity contribution is 0.0595. The van der Waals surface area contributed by atoms with Crippen LogP contribution in [-0.2, 0) is 0 Å². The Labute approximate surface area is 150 Å². The Balaban J connectivity index is 1.39. The minimum absolute atomic E-state index is 0.0137. The normalized spacial score (nSPS) is 15.0. The molecule has 0 unspecified atom stereocenters. The Morgan fingerprint density at radius 1 is 1.15 bits per heavy atom. The van der Waals surface area contributed by atoms with Gasteiger partial charge >= 0.3 is 0 Å². The molecule has 0 bridgehead atoms. The largest absolute Gasteiger partial charge is 0.489 e. The van der Waals surface area contributed by atoms with Crippen LogP contribution in [0, 0.1) is 0 Å². The summed E-state index contributed by atoms with van der Waals surface area (Å²) < 4.78 is 7.46. The first kappa shape index (κ1) is 16.2. The van der Waals surface area contributed by atoms with Crippen LogP contribution in [0.5, 0.6) is 5.75 Å². The standard InChI is InChI=1S/C18H18N6O2/c25-18(14-3-1-4-15(11-14)24-13-20-21-22-24)23-9-6-16(7-10-23)26-17-5-2-8-19-12-17/h1-5,8,11-13,16H,6-7,9-10H2. The van der Waals surface area contributed by atoms with Gasteiger partial charge in [-0.2, -0.15) is 0 Å². The third-order valence-corrected chi connectivity index (χ3v) is 4.37. The Hall–Kier alpha value is -3.29. The van der Waals surface area contributed by atoms with Crippen LogP contribution >= 0.6 is 0 Å². The molecule has 0 spiro atoms. The second-order valence-corrected chi connectivity index (χ2v) is 6.10. The molecule has 1 saturated heterocycles. The van der Waals surface area contributed by atoms with E-state index in [1.807, 2.05) is 35.2 Å². The number of piperidine rings is 1. The molecule has 1 aliphatic rings. The number of benzene rings is 1. The van der Waals surface area contributed by atoms with E-state index < -0.39 is 0 Å². The fourth-order valence-corrected chi connectivity index (χ4v) is 3.03. The molecule has 8 heteroatoms. The highest BCUT2D eigenvalue weighted by Gasteiger charge is 2.25. The van der Waals surface area contributed by atoms with E-state index in [1.165, 1.54) is 11.0 Å². The average Bonchev–Trinajstić information content (AvgIpc) is 3.24. The quantitative estimate of drug-likeness (QED) is 0.712. The SMILES string of the molecule is O=C(c1cccc(-n2cnnn2)c1)N1CCC(Oc2cccnc2)CC1. The number of aromatic nitrogens is 5. The summed E-state index contributed by atoms with van der Waals surface area (Å²) in [6.07, 6.45) is 6.64. The molecule has 26 heavy (non-hydrogen) atoms. The van der Waals surface area contributed by atoms with Crippen molar-refractivity contribution >= 4 is 5.91 Å². The first-order valence-electron chi connectivity index (χ1n) is 8.49. The lowest BCUT2D eigenvalue weighted by Crippen LogP contribution is -2.41. The van der Waals surface area contributed by atoms with Gasteiger partial charge in [0.05, 0.1) is 11.9 Å². The number of carbonyl (C=O) groups is 1. The number of ether oxygens (including phenoxy) is 1. The van der Waals surface area contributed by atoms with E-state index in [4.69, 9.17) is 4.74 Å². The van der Waals surface area contributed by atoms with Crippen molar-refractivity contribution in [2.24, 2.45) is 0 Å². The van der Waals surface area contributed by atoms with Crippen LogP contribution in [-0.4, -0.2) is 55.2 Å². The van der Waals surface area contributed by atoms with E-state index in [0.29, 0.717) is 18.7 Å². The number of pyridine rings is 1. The summed E-state index contributed by atoms with van der Waals surface area (Å²) >= 11 is 0. The fourth-order valence-electron chi connectivity index (χ4n) is 3.03. The first-order chi connectivity index (χ1) is 12.8. The van der Waals surface area contributed by atoms with Crippen LogP contribution < -0.4 is 4.74 Å². The molecular weight excluding hydrogens is 332 g/mol. The number of rotatable bonds is 4. The molecule has 1 amide bonds. The van der Waals surface area contributed by atoms with Crippen molar-refractivity contribution in [1.82, 2.24) is 30.1 Å². The predicted octanol–water partition coefficient (Wildman–Crippen LogP) is 1.74. The lowest BCUT2D eigenvalue weighted by Gasteiger charge is -2.32. The van der Waals surface area contributed by atoms with Crippen molar-refractivity contribution in [2.45, 2.75) is 18.9 Å². The van der Waals surface area contributed by atoms with E-state index in [1.54, 1.807) is 18.5 Å². The summed E-state index contributed by atoms with van der Waals surface area (Å²) in [5, 5.41) is 11.1. The molecule has 1 fully saturated rings. The van der Waals surface area contributed by atoms with Crippen molar-refractivity contribution in [3.8, 4) is 11.4 Å². The topological polar surface area (TPSA) is 86.0 Å². The fraction of sp³-hybridized carbons (Fsp3) is 0.278. The van der Waals surface area contributed by atoms with Crippen LogP contribution in [0.1, 0.15) is 23.2 Å². The molecule has 132 valence electrons. The van der Waals surface area contributed by atoms with Crippen LogP contribution in [0.15, 0.2) is 55.1 Å². The third kappa shape index (κ3) is 3.53. The summed E-state index contributed by atoms with van der Waals surface area (Å²) in [7, 11) is 0. The maximum atomic E-state index is 12.8. The van der Waals surface area contributed by atoms with Gasteiger partial charge in [0.15, 0.2) is 0 Å². The highest BCUT2D eigenvalue weighted by atomic mass is 16.5. The van der Waals surface area contributed by atoms with Gasteiger partial charge in [-0.3, -0.25) is 9.78 Å². The number of hydrogen-bond acceptors (Lipinski definition) is 6. The summed E-state index contributed by atoms with van der Waals surface area (Å²) in [6, 6.07) is 11.1. The van der Waals surface area contributed by atoms with E-state index in [-0.39, 0.29) is 12.0 Å². The predicted molar refractivity (Wildman–Crippen MR) is 92.9 cm³/mol. The van der Waals surface area contributed by atoms with Crippen molar-refractivity contribution < 1.29 is 9.53 Å². The summed E-state index contributed by atoms with van der Waals surface area (Å²) in [5.41, 5.74) is 1.39. The number of likely N-dealkylation sites (tertiary alicyclic amines) is 1. The highest BCUT2D eigenvalue weighted by Crippen LogP contribution is 2.20. The van der Waals surface area contributed by atoms with Gasteiger partial charge < -0.3 is 9.64 Å². The highest BCUT2D eigenvalue weighted by molar-refractivity contribution is 5.94. The molecule has 8 nitrogen and oxygen atoms in total. The molecule has 0 aliphatic carbocycles. The lowest BCUT2D eigenvalue weighted by atomic mass is 10.1. The van der Waals surface area contributed by atoms with E-state index in [9.17, 15) is 4.79 Å². The maximum Gasteiger partial charge on any atom is 0.253 e. The van der Waals surface area contributed by atoms with E-state index in [2.05, 4.69) is 20.5 Å². The van der Waals surface area contributed by atoms with Crippen molar-refractivity contribution in [2.75, 3.05) is 13.1 Å². The molecule has 3 aromatic rings. The monoisotopic (exact) mass is 350 g/mol. The van der Waals surface area contributed by atoms with Crippen LogP contribution in [0.3, 0.4) is 0 Å². The zero-order valence-corrected chi connectivity index (χ0v) is 14.1. The molecule has 1 aliphatic heterocycles. The van der Waals surface area contributed by atoms with Crippen molar-refractivity contribution in [3.05, 3.63) is 60.7 Å². The summed E-state index contributed by atoms with van der Waals surface area (Å²) in [5.74, 6) is 0.783. The van der Waals surface area contributed by atoms with Gasteiger partial charge in [0.2, 0.25) is 0 Å². The first-order valence-corrected chi connectivity index (χ1v) is 8.49. The second kappa shape index (κ2) is 7.30. The zero-order valence-electron chi connectivity index (χ0n) is 14.1. The molecule has 1 aromatic carbocycles. The third-order valence-electron chi connectivity index (χ3n) is 4.37. The molecule has 0 radical (unpaired) electrons. The maximum absolute atomic E-state index is 12.8. The Bertz CT molecular complexity index is 860. The average molecular weight is 350 g/mol. The van der Waals surface area contributed by atoms with Crippen LogP contribution in [0.25, 0.3) is 5.69 Å². The van der Waals surface area contributed by atoms with Crippen molar-refractivity contribution in [3.63, 3.8) is 0 Å². The molecule has 0 atom stereocenters. The molecule has 2 aromatic heterocycles.